The van der Waals surface area contributed by atoms with Crippen molar-refractivity contribution >= 4 is 0 Å². The van der Waals surface area contributed by atoms with E-state index in [1.54, 1.807) is 24.3 Å². The largest absolute Gasteiger partial charge is 0.435 e. The maximum absolute atomic E-state index is 12.2. The summed E-state index contributed by atoms with van der Waals surface area (Å²) in [4.78, 5) is 0. The van der Waals surface area contributed by atoms with Crippen molar-refractivity contribution in [1.29, 1.82) is 0 Å². The Hall–Kier alpha value is -2.34. The van der Waals surface area contributed by atoms with E-state index >= 15 is 0 Å². The Morgan fingerprint density at radius 2 is 1.52 bits per heavy atom. The molecule has 0 N–H and O–H groups in total. The molecule has 0 heterocycles. The summed E-state index contributed by atoms with van der Waals surface area (Å²) in [5.41, 5.74) is 3.02. The molecular weight excluding hydrogens is 342 g/mol. The van der Waals surface area contributed by atoms with Gasteiger partial charge in [-0.25, -0.2) is 0 Å². The van der Waals surface area contributed by atoms with Gasteiger partial charge in [0.25, 0.3) is 0 Å². The number of alkyl halides is 2. The van der Waals surface area contributed by atoms with Gasteiger partial charge in [0.1, 0.15) is 5.75 Å². The topological polar surface area (TPSA) is 9.23 Å². The number of ether oxygens (including phenoxy) is 1. The molecule has 1 nitrogen and oxygen atoms in total. The predicted octanol–water partition coefficient (Wildman–Crippen LogP) is 6.91. The van der Waals surface area contributed by atoms with Crippen LogP contribution in [-0.4, -0.2) is 6.61 Å². The van der Waals surface area contributed by atoms with Crippen molar-refractivity contribution in [2.24, 2.45) is 11.8 Å². The van der Waals surface area contributed by atoms with E-state index in [9.17, 15) is 8.78 Å². The molecule has 2 aromatic carbocycles. The van der Waals surface area contributed by atoms with Gasteiger partial charge < -0.3 is 4.74 Å². The van der Waals surface area contributed by atoms with E-state index in [4.69, 9.17) is 0 Å². The Morgan fingerprint density at radius 1 is 0.926 bits per heavy atom. The number of hydrogen-bond donors (Lipinski definition) is 0. The molecular formula is C24H26F2O. The third kappa shape index (κ3) is 5.82. The first-order valence-electron chi connectivity index (χ1n) is 9.81. The fraction of sp³-hybridized carbons (Fsp3) is 0.417. The lowest BCUT2D eigenvalue weighted by molar-refractivity contribution is -0.0498. The van der Waals surface area contributed by atoms with Crippen LogP contribution in [0.5, 0.6) is 5.75 Å². The van der Waals surface area contributed by atoms with Crippen LogP contribution in [-0.2, 0) is 0 Å². The molecule has 0 aliphatic heterocycles. The van der Waals surface area contributed by atoms with Crippen molar-refractivity contribution in [2.75, 3.05) is 0 Å². The van der Waals surface area contributed by atoms with Crippen LogP contribution in [0.4, 0.5) is 8.78 Å². The summed E-state index contributed by atoms with van der Waals surface area (Å²) in [6, 6.07) is 14.8. The van der Waals surface area contributed by atoms with Crippen LogP contribution < -0.4 is 4.74 Å². The van der Waals surface area contributed by atoms with E-state index in [-0.39, 0.29) is 5.75 Å². The molecule has 3 heteroatoms. The highest BCUT2D eigenvalue weighted by Crippen LogP contribution is 2.31. The summed E-state index contributed by atoms with van der Waals surface area (Å²) in [6.07, 6.45) is 7.73. The molecule has 1 saturated carbocycles. The van der Waals surface area contributed by atoms with Gasteiger partial charge in [-0.15, -0.1) is 0 Å². The zero-order chi connectivity index (χ0) is 19.1. The predicted molar refractivity (Wildman–Crippen MR) is 106 cm³/mol. The number of rotatable bonds is 5. The van der Waals surface area contributed by atoms with Crippen molar-refractivity contribution in [3.63, 3.8) is 0 Å². The monoisotopic (exact) mass is 368 g/mol. The second-order valence-corrected chi connectivity index (χ2v) is 7.26. The molecule has 3 rings (SSSR count). The van der Waals surface area contributed by atoms with Crippen LogP contribution in [0.25, 0.3) is 11.1 Å². The van der Waals surface area contributed by atoms with Gasteiger partial charge >= 0.3 is 6.61 Å². The Labute approximate surface area is 160 Å². The fourth-order valence-electron chi connectivity index (χ4n) is 3.76. The molecule has 0 unspecified atom stereocenters. The molecule has 0 atom stereocenters. The fourth-order valence-corrected chi connectivity index (χ4v) is 3.76. The van der Waals surface area contributed by atoms with Gasteiger partial charge in [0.15, 0.2) is 0 Å². The molecule has 0 radical (unpaired) electrons. The van der Waals surface area contributed by atoms with E-state index in [0.29, 0.717) is 5.92 Å². The molecule has 2 aromatic rings. The second kappa shape index (κ2) is 9.55. The lowest BCUT2D eigenvalue weighted by atomic mass is 9.80. The van der Waals surface area contributed by atoms with Crippen molar-refractivity contribution in [1.82, 2.24) is 0 Å². The third-order valence-corrected chi connectivity index (χ3v) is 5.26. The summed E-state index contributed by atoms with van der Waals surface area (Å²) >= 11 is 0. The second-order valence-electron chi connectivity index (χ2n) is 7.26. The normalized spacial score (nSPS) is 19.4. The molecule has 1 aliphatic rings. The van der Waals surface area contributed by atoms with Crippen LogP contribution in [0.1, 0.15) is 51.0 Å². The summed E-state index contributed by atoms with van der Waals surface area (Å²) in [6.45, 7) is -0.531. The number of halogens is 2. The molecule has 0 spiro atoms. The zero-order valence-electron chi connectivity index (χ0n) is 15.8. The first-order valence-corrected chi connectivity index (χ1v) is 9.81. The highest BCUT2D eigenvalue weighted by molar-refractivity contribution is 5.65. The first-order chi connectivity index (χ1) is 13.1. The molecule has 1 fully saturated rings. The molecule has 0 aromatic heterocycles. The lowest BCUT2D eigenvalue weighted by Gasteiger charge is -2.25. The highest BCUT2D eigenvalue weighted by Gasteiger charge is 2.18. The maximum atomic E-state index is 12.2. The number of hydrogen-bond acceptors (Lipinski definition) is 1. The molecule has 27 heavy (non-hydrogen) atoms. The van der Waals surface area contributed by atoms with Crippen LogP contribution in [0.2, 0.25) is 0 Å². The van der Waals surface area contributed by atoms with E-state index in [1.807, 2.05) is 24.3 Å². The van der Waals surface area contributed by atoms with Gasteiger partial charge in [0.05, 0.1) is 0 Å². The van der Waals surface area contributed by atoms with Gasteiger partial charge in [0.2, 0.25) is 0 Å². The average molecular weight is 368 g/mol. The zero-order valence-corrected chi connectivity index (χ0v) is 15.8. The Bertz CT molecular complexity index is 761. The van der Waals surface area contributed by atoms with Gasteiger partial charge in [-0.1, -0.05) is 55.9 Å². The molecule has 0 bridgehead atoms. The standard InChI is InChI=1S/C24H26F2O/c1-2-3-18-4-6-19(7-5-18)8-9-20-10-12-21(13-11-20)22-14-16-23(17-15-22)27-24(25)26/h10-19,24H,2-7H2,1H3. The maximum Gasteiger partial charge on any atom is 0.387 e. The van der Waals surface area contributed by atoms with E-state index < -0.39 is 6.61 Å². The SMILES string of the molecule is CCCC1CCC(C#Cc2ccc(-c3ccc(OC(F)F)cc3)cc2)CC1. The summed E-state index contributed by atoms with van der Waals surface area (Å²) in [7, 11) is 0. The van der Waals surface area contributed by atoms with Crippen molar-refractivity contribution in [2.45, 2.75) is 52.1 Å². The molecule has 1 aliphatic carbocycles. The molecule has 142 valence electrons. The molecule has 0 amide bonds. The minimum Gasteiger partial charge on any atom is -0.435 e. The Kier molecular flexibility index (Phi) is 6.87. The summed E-state index contributed by atoms with van der Waals surface area (Å²) in [5, 5.41) is 0. The minimum absolute atomic E-state index is 0.171. The summed E-state index contributed by atoms with van der Waals surface area (Å²) in [5.74, 6) is 8.37. The van der Waals surface area contributed by atoms with E-state index in [1.165, 1.54) is 38.5 Å². The van der Waals surface area contributed by atoms with Crippen molar-refractivity contribution in [3.8, 4) is 28.7 Å². The first kappa shape index (κ1) is 19.4. The van der Waals surface area contributed by atoms with Crippen LogP contribution in [0.3, 0.4) is 0 Å². The number of benzene rings is 2. The Balaban J connectivity index is 1.58. The van der Waals surface area contributed by atoms with Crippen LogP contribution >= 0.6 is 0 Å². The van der Waals surface area contributed by atoms with Crippen LogP contribution in [0.15, 0.2) is 48.5 Å². The van der Waals surface area contributed by atoms with Gasteiger partial charge in [-0.05, 0) is 67.0 Å². The van der Waals surface area contributed by atoms with Crippen LogP contribution in [0, 0.1) is 23.7 Å². The smallest absolute Gasteiger partial charge is 0.387 e. The minimum atomic E-state index is -2.80. The van der Waals surface area contributed by atoms with E-state index in [0.717, 1.165) is 22.6 Å². The van der Waals surface area contributed by atoms with Gasteiger partial charge in [-0.2, -0.15) is 8.78 Å². The van der Waals surface area contributed by atoms with Gasteiger partial charge in [-0.3, -0.25) is 0 Å². The highest BCUT2D eigenvalue weighted by atomic mass is 19.3. The average Bonchev–Trinajstić information content (AvgIpc) is 2.68. The van der Waals surface area contributed by atoms with Crippen molar-refractivity contribution < 1.29 is 13.5 Å². The van der Waals surface area contributed by atoms with Crippen molar-refractivity contribution in [3.05, 3.63) is 54.1 Å². The third-order valence-electron chi connectivity index (χ3n) is 5.26. The summed E-state index contributed by atoms with van der Waals surface area (Å²) < 4.78 is 28.8. The lowest BCUT2D eigenvalue weighted by Crippen LogP contribution is -2.13. The Morgan fingerprint density at radius 3 is 2.07 bits per heavy atom. The molecule has 0 saturated heterocycles. The van der Waals surface area contributed by atoms with Gasteiger partial charge in [0, 0.05) is 11.5 Å². The quantitative estimate of drug-likeness (QED) is 0.521. The van der Waals surface area contributed by atoms with E-state index in [2.05, 4.69) is 23.5 Å².